The molecule has 1 aromatic carbocycles. The van der Waals surface area contributed by atoms with Crippen molar-refractivity contribution in [2.45, 2.75) is 32.0 Å². The zero-order valence-electron chi connectivity index (χ0n) is 11.3. The minimum absolute atomic E-state index is 0.0622. The van der Waals surface area contributed by atoms with Gasteiger partial charge in [-0.1, -0.05) is 11.6 Å². The molecule has 0 fully saturated rings. The number of methoxy groups -OCH3 is 1. The maximum atomic E-state index is 12.1. The van der Waals surface area contributed by atoms with Gasteiger partial charge >= 0.3 is 6.18 Å². The van der Waals surface area contributed by atoms with E-state index in [-0.39, 0.29) is 16.8 Å². The lowest BCUT2D eigenvalue weighted by Crippen LogP contribution is -2.18. The number of hydrogen-bond donors (Lipinski definition) is 1. The van der Waals surface area contributed by atoms with Gasteiger partial charge in [-0.25, -0.2) is 0 Å². The van der Waals surface area contributed by atoms with E-state index in [0.29, 0.717) is 12.2 Å². The minimum Gasteiger partial charge on any atom is -0.493 e. The van der Waals surface area contributed by atoms with Crippen molar-refractivity contribution in [1.82, 2.24) is 0 Å². The largest absolute Gasteiger partial charge is 0.493 e. The standard InChI is InChI=1S/C13H17ClF3NO2/c1-8(18)5-9-6-10(14)12(11(7-9)19-2)20-4-3-13(15,16)17/h6-8H,3-5,18H2,1-2H3. The van der Waals surface area contributed by atoms with Crippen molar-refractivity contribution in [2.75, 3.05) is 13.7 Å². The van der Waals surface area contributed by atoms with Gasteiger partial charge in [-0.2, -0.15) is 13.2 Å². The molecule has 0 heterocycles. The molecule has 1 unspecified atom stereocenters. The molecule has 0 bridgehead atoms. The van der Waals surface area contributed by atoms with Gasteiger partial charge in [-0.3, -0.25) is 0 Å². The second-order valence-electron chi connectivity index (χ2n) is 4.50. The Morgan fingerprint density at radius 3 is 2.50 bits per heavy atom. The van der Waals surface area contributed by atoms with E-state index in [4.69, 9.17) is 26.8 Å². The Labute approximate surface area is 120 Å². The zero-order valence-corrected chi connectivity index (χ0v) is 12.0. The molecular weight excluding hydrogens is 295 g/mol. The number of hydrogen-bond acceptors (Lipinski definition) is 3. The molecule has 0 spiro atoms. The molecule has 0 aliphatic carbocycles. The molecule has 1 rings (SSSR count). The predicted octanol–water partition coefficient (Wildman–Crippen LogP) is 3.57. The maximum Gasteiger partial charge on any atom is 0.392 e. The number of nitrogens with two attached hydrogens (primary N) is 1. The first-order chi connectivity index (χ1) is 9.23. The van der Waals surface area contributed by atoms with Gasteiger partial charge in [-0.15, -0.1) is 0 Å². The lowest BCUT2D eigenvalue weighted by atomic mass is 10.1. The Balaban J connectivity index is 2.85. The molecule has 20 heavy (non-hydrogen) atoms. The van der Waals surface area contributed by atoms with Crippen LogP contribution in [0.15, 0.2) is 12.1 Å². The van der Waals surface area contributed by atoms with Crippen LogP contribution < -0.4 is 15.2 Å². The van der Waals surface area contributed by atoms with Crippen LogP contribution in [0.1, 0.15) is 18.9 Å². The fourth-order valence-corrected chi connectivity index (χ4v) is 1.96. The Hall–Kier alpha value is -1.14. The average molecular weight is 312 g/mol. The van der Waals surface area contributed by atoms with Crippen molar-refractivity contribution < 1.29 is 22.6 Å². The van der Waals surface area contributed by atoms with Crippen LogP contribution in [0, 0.1) is 0 Å². The van der Waals surface area contributed by atoms with Crippen LogP contribution in [0.2, 0.25) is 5.02 Å². The molecule has 114 valence electrons. The number of halogens is 4. The van der Waals surface area contributed by atoms with Crippen LogP contribution in [0.25, 0.3) is 0 Å². The monoisotopic (exact) mass is 311 g/mol. The molecule has 3 nitrogen and oxygen atoms in total. The molecular formula is C13H17ClF3NO2. The van der Waals surface area contributed by atoms with Gasteiger partial charge in [0, 0.05) is 6.04 Å². The summed E-state index contributed by atoms with van der Waals surface area (Å²) in [6, 6.07) is 3.22. The Bertz CT molecular complexity index is 450. The van der Waals surface area contributed by atoms with Crippen molar-refractivity contribution in [3.05, 3.63) is 22.7 Å². The molecule has 0 aromatic heterocycles. The predicted molar refractivity (Wildman–Crippen MR) is 71.5 cm³/mol. The van der Waals surface area contributed by atoms with Crippen molar-refractivity contribution >= 4 is 11.6 Å². The number of benzene rings is 1. The highest BCUT2D eigenvalue weighted by atomic mass is 35.5. The summed E-state index contributed by atoms with van der Waals surface area (Å²) in [7, 11) is 1.40. The van der Waals surface area contributed by atoms with Crippen LogP contribution in [0.3, 0.4) is 0 Å². The van der Waals surface area contributed by atoms with E-state index >= 15 is 0 Å². The molecule has 1 aromatic rings. The fraction of sp³-hybridized carbons (Fsp3) is 0.538. The van der Waals surface area contributed by atoms with Crippen molar-refractivity contribution in [3.8, 4) is 11.5 Å². The second-order valence-corrected chi connectivity index (χ2v) is 4.91. The lowest BCUT2D eigenvalue weighted by molar-refractivity contribution is -0.139. The van der Waals surface area contributed by atoms with E-state index < -0.39 is 19.2 Å². The Morgan fingerprint density at radius 1 is 1.35 bits per heavy atom. The summed E-state index contributed by atoms with van der Waals surface area (Å²) in [5.74, 6) is 0.419. The van der Waals surface area contributed by atoms with Crippen LogP contribution in [0.5, 0.6) is 11.5 Å². The molecule has 7 heteroatoms. The van der Waals surface area contributed by atoms with Crippen LogP contribution in [-0.2, 0) is 6.42 Å². The molecule has 0 aliphatic heterocycles. The normalized spacial score (nSPS) is 13.2. The average Bonchev–Trinajstić information content (AvgIpc) is 2.29. The van der Waals surface area contributed by atoms with Crippen molar-refractivity contribution in [3.63, 3.8) is 0 Å². The third-order valence-corrected chi connectivity index (χ3v) is 2.76. The summed E-state index contributed by atoms with van der Waals surface area (Å²) in [6.45, 7) is 1.33. The molecule has 0 aliphatic rings. The zero-order chi connectivity index (χ0) is 15.3. The molecule has 0 radical (unpaired) electrons. The number of rotatable bonds is 6. The fourth-order valence-electron chi connectivity index (χ4n) is 1.67. The van der Waals surface area contributed by atoms with Crippen molar-refractivity contribution in [2.24, 2.45) is 5.73 Å². The highest BCUT2D eigenvalue weighted by Crippen LogP contribution is 2.37. The van der Waals surface area contributed by atoms with Gasteiger partial charge in [0.1, 0.15) is 0 Å². The summed E-state index contributed by atoms with van der Waals surface area (Å²) in [5.41, 5.74) is 6.53. The van der Waals surface area contributed by atoms with E-state index in [1.165, 1.54) is 7.11 Å². The first-order valence-electron chi connectivity index (χ1n) is 6.04. The van der Waals surface area contributed by atoms with E-state index in [9.17, 15) is 13.2 Å². The topological polar surface area (TPSA) is 44.5 Å². The number of alkyl halides is 3. The molecule has 1 atom stereocenters. The maximum absolute atomic E-state index is 12.1. The number of ether oxygens (including phenoxy) is 2. The van der Waals surface area contributed by atoms with Crippen LogP contribution in [-0.4, -0.2) is 25.9 Å². The van der Waals surface area contributed by atoms with E-state index in [0.717, 1.165) is 5.56 Å². The summed E-state index contributed by atoms with van der Waals surface area (Å²) in [5, 5.41) is 0.210. The highest BCUT2D eigenvalue weighted by Gasteiger charge is 2.27. The highest BCUT2D eigenvalue weighted by molar-refractivity contribution is 6.32. The minimum atomic E-state index is -4.27. The van der Waals surface area contributed by atoms with Gasteiger partial charge < -0.3 is 15.2 Å². The summed E-state index contributed by atoms with van der Waals surface area (Å²) < 4.78 is 46.5. The van der Waals surface area contributed by atoms with Gasteiger partial charge in [0.25, 0.3) is 0 Å². The first kappa shape index (κ1) is 16.9. The van der Waals surface area contributed by atoms with Gasteiger partial charge in [-0.05, 0) is 31.0 Å². The Morgan fingerprint density at radius 2 is 2.00 bits per heavy atom. The molecule has 0 saturated carbocycles. The third-order valence-electron chi connectivity index (χ3n) is 2.48. The molecule has 0 saturated heterocycles. The smallest absolute Gasteiger partial charge is 0.392 e. The van der Waals surface area contributed by atoms with E-state index in [1.54, 1.807) is 12.1 Å². The Kier molecular flexibility index (Phi) is 5.95. The summed E-state index contributed by atoms with van der Waals surface area (Å²) >= 11 is 6.02. The molecule has 0 amide bonds. The van der Waals surface area contributed by atoms with Crippen LogP contribution in [0.4, 0.5) is 13.2 Å². The van der Waals surface area contributed by atoms with Crippen LogP contribution >= 0.6 is 11.6 Å². The van der Waals surface area contributed by atoms with Crippen molar-refractivity contribution in [1.29, 1.82) is 0 Å². The summed E-state index contributed by atoms with van der Waals surface area (Å²) in [6.07, 6.45) is -4.73. The van der Waals surface area contributed by atoms with E-state index in [1.807, 2.05) is 6.92 Å². The summed E-state index contributed by atoms with van der Waals surface area (Å²) in [4.78, 5) is 0. The third kappa shape index (κ3) is 5.46. The van der Waals surface area contributed by atoms with Gasteiger partial charge in [0.2, 0.25) is 0 Å². The van der Waals surface area contributed by atoms with Gasteiger partial charge in [0.15, 0.2) is 11.5 Å². The SMILES string of the molecule is COc1cc(CC(C)N)cc(Cl)c1OCCC(F)(F)F. The molecule has 2 N–H and O–H groups in total. The second kappa shape index (κ2) is 7.04. The van der Waals surface area contributed by atoms with E-state index in [2.05, 4.69) is 0 Å². The first-order valence-corrected chi connectivity index (χ1v) is 6.42. The lowest BCUT2D eigenvalue weighted by Gasteiger charge is -2.15. The van der Waals surface area contributed by atoms with Gasteiger partial charge in [0.05, 0.1) is 25.2 Å². The quantitative estimate of drug-likeness (QED) is 0.873.